The Labute approximate surface area is 170 Å². The number of rotatable bonds is 7. The van der Waals surface area contributed by atoms with E-state index in [0.29, 0.717) is 0 Å². The highest BCUT2D eigenvalue weighted by molar-refractivity contribution is 5.39. The Morgan fingerprint density at radius 3 is 2.14 bits per heavy atom. The van der Waals surface area contributed by atoms with E-state index in [1.807, 2.05) is 0 Å². The van der Waals surface area contributed by atoms with Gasteiger partial charge in [-0.3, -0.25) is 0 Å². The van der Waals surface area contributed by atoms with E-state index < -0.39 is 75.6 Å². The fraction of sp³-hybridized carbons (Fsp3) is 0.667. The summed E-state index contributed by atoms with van der Waals surface area (Å²) in [7, 11) is -2.77. The zero-order valence-electron chi connectivity index (χ0n) is 18.1. The van der Waals surface area contributed by atoms with Gasteiger partial charge in [0.15, 0.2) is 17.8 Å². The van der Waals surface area contributed by atoms with Crippen LogP contribution >= 0.6 is 0 Å². The summed E-state index contributed by atoms with van der Waals surface area (Å²) in [5.74, 6) is -0.261. The zero-order valence-corrected chi connectivity index (χ0v) is 15.1. The number of aliphatic hydroxyl groups is 6. The molecular weight excluding hydrogens is 392 g/mol. The van der Waals surface area contributed by atoms with Gasteiger partial charge in [-0.15, -0.1) is 0 Å². The van der Waals surface area contributed by atoms with E-state index in [0.717, 1.165) is 0 Å². The number of ether oxygens (including phenoxy) is 5. The third-order valence-corrected chi connectivity index (χ3v) is 4.79. The molecule has 0 unspecified atom stereocenters. The van der Waals surface area contributed by atoms with Crippen molar-refractivity contribution in [1.29, 1.82) is 0 Å². The zero-order chi connectivity index (χ0) is 23.6. The van der Waals surface area contributed by atoms with Crippen LogP contribution in [0.4, 0.5) is 0 Å². The molecule has 29 heavy (non-hydrogen) atoms. The first-order chi connectivity index (χ1) is 15.0. The summed E-state index contributed by atoms with van der Waals surface area (Å²) >= 11 is 0. The van der Waals surface area contributed by atoms with Crippen LogP contribution in [0.5, 0.6) is 11.5 Å². The highest BCUT2D eigenvalue weighted by Crippen LogP contribution is 2.31. The lowest BCUT2D eigenvalue weighted by molar-refractivity contribution is -0.290. The molecule has 1 aromatic rings. The van der Waals surface area contributed by atoms with Crippen molar-refractivity contribution in [3.05, 3.63) is 24.3 Å². The fourth-order valence-electron chi connectivity index (χ4n) is 3.10. The van der Waals surface area contributed by atoms with Gasteiger partial charge in [0.2, 0.25) is 6.29 Å². The van der Waals surface area contributed by atoms with E-state index in [1.54, 1.807) is 0 Å². The Kier molecular flexibility index (Phi) is 5.99. The van der Waals surface area contributed by atoms with Crippen LogP contribution in [0.2, 0.25) is 0 Å². The minimum absolute atomic E-state index is 0.0978. The number of hydrogen-bond acceptors (Lipinski definition) is 11. The average molecular weight is 421 g/mol. The van der Waals surface area contributed by atoms with E-state index >= 15 is 0 Å². The van der Waals surface area contributed by atoms with Gasteiger partial charge in [-0.2, -0.15) is 0 Å². The molecule has 6 N–H and O–H groups in total. The van der Waals surface area contributed by atoms with Crippen LogP contribution in [0.25, 0.3) is 0 Å². The third-order valence-electron chi connectivity index (χ3n) is 4.79. The lowest BCUT2D eigenvalue weighted by Crippen LogP contribution is -2.60. The third kappa shape index (κ3) is 4.63. The van der Waals surface area contributed by atoms with Gasteiger partial charge in [-0.1, -0.05) is 12.1 Å². The molecule has 2 aliphatic rings. The summed E-state index contributed by atoms with van der Waals surface area (Å²) in [5, 5.41) is 59.5. The van der Waals surface area contributed by atoms with Crippen LogP contribution in [0.3, 0.4) is 0 Å². The standard InChI is InChI=1S/C18H26O11/c1-25-8-4-2-3-5-9(8)27-18-16(24)14(22)13(21)11(29-18)7-26-17-15(23)12(20)10(6-19)28-17/h2-5,10-24H,6-7H2,1H3/t10-,11-,12-,13-,14+,15-,16-,17+,18-/m1/s1/i1D3. The fourth-order valence-corrected chi connectivity index (χ4v) is 3.10. The summed E-state index contributed by atoms with van der Waals surface area (Å²) in [6, 6.07) is 5.70. The molecule has 9 atom stereocenters. The van der Waals surface area contributed by atoms with E-state index in [2.05, 4.69) is 0 Å². The minimum atomic E-state index is -2.77. The van der Waals surface area contributed by atoms with Gasteiger partial charge in [0.25, 0.3) is 0 Å². The van der Waals surface area contributed by atoms with Crippen molar-refractivity contribution in [3.8, 4) is 11.5 Å². The molecule has 0 amide bonds. The van der Waals surface area contributed by atoms with Crippen LogP contribution in [-0.2, 0) is 14.2 Å². The molecule has 11 nitrogen and oxygen atoms in total. The van der Waals surface area contributed by atoms with Crippen molar-refractivity contribution in [2.24, 2.45) is 0 Å². The topological polar surface area (TPSA) is 168 Å². The minimum Gasteiger partial charge on any atom is -0.493 e. The second-order valence-electron chi connectivity index (χ2n) is 6.72. The lowest BCUT2D eigenvalue weighted by atomic mass is 9.99. The van der Waals surface area contributed by atoms with Crippen molar-refractivity contribution in [1.82, 2.24) is 0 Å². The molecule has 0 spiro atoms. The molecular formula is C18H26O11. The van der Waals surface area contributed by atoms with Crippen molar-refractivity contribution < 1.29 is 58.4 Å². The first-order valence-electron chi connectivity index (χ1n) is 10.4. The molecule has 2 fully saturated rings. The van der Waals surface area contributed by atoms with Crippen LogP contribution in [0.15, 0.2) is 24.3 Å². The van der Waals surface area contributed by atoms with E-state index in [9.17, 15) is 25.5 Å². The monoisotopic (exact) mass is 421 g/mol. The SMILES string of the molecule is [2H]C([2H])([2H])Oc1ccccc1O[C@@H]1O[C@H](CO[C@H]2O[C@H](CO)[C@@H](O)[C@H]2O)[C@@H](O)[C@H](O)[C@H]1O. The molecule has 2 heterocycles. The number of aliphatic hydroxyl groups excluding tert-OH is 6. The lowest BCUT2D eigenvalue weighted by Gasteiger charge is -2.40. The van der Waals surface area contributed by atoms with E-state index in [1.165, 1.54) is 24.3 Å². The second kappa shape index (κ2) is 9.51. The van der Waals surface area contributed by atoms with Gasteiger partial charge in [0, 0.05) is 0 Å². The molecule has 2 saturated heterocycles. The van der Waals surface area contributed by atoms with Gasteiger partial charge in [0.05, 0.1) is 24.4 Å². The van der Waals surface area contributed by atoms with E-state index in [4.69, 9.17) is 32.9 Å². The smallest absolute Gasteiger partial charge is 0.229 e. The quantitative estimate of drug-likeness (QED) is 0.272. The number of para-hydroxylation sites is 2. The number of benzene rings is 1. The molecule has 2 aliphatic heterocycles. The maximum absolute atomic E-state index is 10.3. The van der Waals surface area contributed by atoms with Crippen molar-refractivity contribution in [2.75, 3.05) is 20.3 Å². The van der Waals surface area contributed by atoms with Crippen LogP contribution in [0, 0.1) is 0 Å². The van der Waals surface area contributed by atoms with E-state index in [-0.39, 0.29) is 11.5 Å². The largest absolute Gasteiger partial charge is 0.493 e. The number of hydrogen-bond donors (Lipinski definition) is 6. The Morgan fingerprint density at radius 1 is 0.862 bits per heavy atom. The van der Waals surface area contributed by atoms with Gasteiger partial charge < -0.3 is 54.3 Å². The molecule has 11 heteroatoms. The first-order valence-corrected chi connectivity index (χ1v) is 8.90. The Hall–Kier alpha value is -1.54. The molecule has 164 valence electrons. The maximum Gasteiger partial charge on any atom is 0.229 e. The van der Waals surface area contributed by atoms with Crippen molar-refractivity contribution in [2.45, 2.75) is 55.3 Å². The van der Waals surface area contributed by atoms with Crippen LogP contribution in [-0.4, -0.2) is 106 Å². The highest BCUT2D eigenvalue weighted by atomic mass is 16.7. The first kappa shape index (κ1) is 18.2. The van der Waals surface area contributed by atoms with Crippen LogP contribution in [0.1, 0.15) is 4.11 Å². The maximum atomic E-state index is 10.3. The highest BCUT2D eigenvalue weighted by Gasteiger charge is 2.47. The van der Waals surface area contributed by atoms with Gasteiger partial charge >= 0.3 is 0 Å². The molecule has 0 aromatic heterocycles. The van der Waals surface area contributed by atoms with Gasteiger partial charge in [0.1, 0.15) is 42.7 Å². The summed E-state index contributed by atoms with van der Waals surface area (Å²) in [6.07, 6.45) is -13.1. The Balaban J connectivity index is 1.67. The normalized spacial score (nSPS) is 42.0. The summed E-state index contributed by atoms with van der Waals surface area (Å²) in [6.45, 7) is -1.01. The van der Waals surface area contributed by atoms with Crippen LogP contribution < -0.4 is 9.47 Å². The summed E-state index contributed by atoms with van der Waals surface area (Å²) < 4.78 is 48.0. The second-order valence-corrected chi connectivity index (χ2v) is 6.72. The summed E-state index contributed by atoms with van der Waals surface area (Å²) in [5.41, 5.74) is 0. The predicted molar refractivity (Wildman–Crippen MR) is 94.0 cm³/mol. The molecule has 0 saturated carbocycles. The molecule has 0 aliphatic carbocycles. The van der Waals surface area contributed by atoms with Gasteiger partial charge in [-0.25, -0.2) is 0 Å². The Bertz CT molecular complexity index is 751. The van der Waals surface area contributed by atoms with Gasteiger partial charge in [-0.05, 0) is 12.1 Å². The predicted octanol–water partition coefficient (Wildman–Crippen LogP) is -2.66. The molecule has 1 aromatic carbocycles. The average Bonchev–Trinajstić information content (AvgIpc) is 3.01. The molecule has 0 radical (unpaired) electrons. The number of methoxy groups -OCH3 is 1. The van der Waals surface area contributed by atoms with Crippen molar-refractivity contribution in [3.63, 3.8) is 0 Å². The Morgan fingerprint density at radius 2 is 1.48 bits per heavy atom. The van der Waals surface area contributed by atoms with Crippen molar-refractivity contribution >= 4 is 0 Å². The summed E-state index contributed by atoms with van der Waals surface area (Å²) in [4.78, 5) is 0. The molecule has 0 bridgehead atoms. The molecule has 3 rings (SSSR count).